The van der Waals surface area contributed by atoms with Crippen molar-refractivity contribution in [3.8, 4) is 0 Å². The molecule has 0 bridgehead atoms. The van der Waals surface area contributed by atoms with Crippen LogP contribution in [0.15, 0.2) is 58.9 Å². The first-order valence-electron chi connectivity index (χ1n) is 7.83. The van der Waals surface area contributed by atoms with Gasteiger partial charge >= 0.3 is 0 Å². The highest BCUT2D eigenvalue weighted by Crippen LogP contribution is 2.30. The van der Waals surface area contributed by atoms with Gasteiger partial charge in [0, 0.05) is 27.6 Å². The second-order valence-electron chi connectivity index (χ2n) is 5.77. The van der Waals surface area contributed by atoms with Gasteiger partial charge in [-0.25, -0.2) is 4.99 Å². The molecule has 4 nitrogen and oxygen atoms in total. The zero-order valence-electron chi connectivity index (χ0n) is 13.6. The predicted molar refractivity (Wildman–Crippen MR) is 103 cm³/mol. The van der Waals surface area contributed by atoms with Crippen molar-refractivity contribution in [2.24, 2.45) is 4.99 Å². The number of H-pyrrole nitrogens is 1. The molecule has 1 aliphatic heterocycles. The molecular weight excluding hydrogens is 316 g/mol. The van der Waals surface area contributed by atoms with Crippen molar-refractivity contribution in [1.82, 2.24) is 15.8 Å². The van der Waals surface area contributed by atoms with Gasteiger partial charge < -0.3 is 4.98 Å². The third-order valence-electron chi connectivity index (χ3n) is 4.09. The lowest BCUT2D eigenvalue weighted by Crippen LogP contribution is -2.36. The Balaban J connectivity index is 1.65. The van der Waals surface area contributed by atoms with Crippen LogP contribution in [0.1, 0.15) is 16.8 Å². The van der Waals surface area contributed by atoms with Crippen LogP contribution in [0.4, 0.5) is 5.69 Å². The van der Waals surface area contributed by atoms with Crippen molar-refractivity contribution in [2.75, 3.05) is 0 Å². The molecule has 0 atom stereocenters. The zero-order chi connectivity index (χ0) is 16.5. The van der Waals surface area contributed by atoms with Crippen LogP contribution in [0.5, 0.6) is 0 Å². The lowest BCUT2D eigenvalue weighted by molar-refractivity contribution is 0.848. The minimum Gasteiger partial charge on any atom is -0.358 e. The summed E-state index contributed by atoms with van der Waals surface area (Å²) in [7, 11) is 0. The number of hydrogen-bond acceptors (Lipinski definition) is 3. The van der Waals surface area contributed by atoms with Gasteiger partial charge in [0.15, 0.2) is 5.17 Å². The summed E-state index contributed by atoms with van der Waals surface area (Å²) in [5.74, 6) is 0. The molecule has 0 amide bonds. The monoisotopic (exact) mass is 334 g/mol. The Bertz CT molecular complexity index is 968. The number of thioether (sulfide) groups is 1. The Kier molecular flexibility index (Phi) is 3.78. The molecule has 1 aliphatic rings. The number of aromatic amines is 1. The van der Waals surface area contributed by atoms with E-state index in [-0.39, 0.29) is 0 Å². The molecule has 0 saturated heterocycles. The molecular formula is C19H18N4S. The minimum absolute atomic E-state index is 0.838. The van der Waals surface area contributed by atoms with Crippen LogP contribution in [-0.2, 0) is 0 Å². The molecule has 120 valence electrons. The Hall–Kier alpha value is -2.66. The number of nitrogens with zero attached hydrogens (tertiary/aromatic N) is 1. The summed E-state index contributed by atoms with van der Waals surface area (Å²) in [5, 5.41) is 4.16. The van der Waals surface area contributed by atoms with Crippen LogP contribution in [0.25, 0.3) is 16.6 Å². The van der Waals surface area contributed by atoms with E-state index in [4.69, 9.17) is 0 Å². The van der Waals surface area contributed by atoms with E-state index >= 15 is 0 Å². The molecule has 3 aromatic rings. The van der Waals surface area contributed by atoms with Crippen molar-refractivity contribution in [3.05, 3.63) is 70.8 Å². The maximum Gasteiger partial charge on any atom is 0.184 e. The normalized spacial score (nSPS) is 15.9. The molecule has 5 heteroatoms. The summed E-state index contributed by atoms with van der Waals surface area (Å²) in [6, 6.07) is 16.5. The number of aromatic nitrogens is 1. The molecule has 0 unspecified atom stereocenters. The summed E-state index contributed by atoms with van der Waals surface area (Å²) < 4.78 is 0. The highest BCUT2D eigenvalue weighted by Gasteiger charge is 2.16. The molecule has 0 radical (unpaired) electrons. The van der Waals surface area contributed by atoms with Crippen LogP contribution >= 0.6 is 11.8 Å². The van der Waals surface area contributed by atoms with E-state index in [2.05, 4.69) is 64.3 Å². The standard InChI is InChI=1S/C19H18N4S/c1-12-7-3-5-9-15(12)21-19-23-22-17(11-24-19)18-13(2)20-16-10-6-4-8-14(16)18/h3-11,20,22H,1-2H3,(H,21,23). The van der Waals surface area contributed by atoms with E-state index in [0.29, 0.717) is 0 Å². The summed E-state index contributed by atoms with van der Waals surface area (Å²) in [4.78, 5) is 8.11. The fourth-order valence-corrected chi connectivity index (χ4v) is 3.56. The fourth-order valence-electron chi connectivity index (χ4n) is 2.89. The molecule has 2 aromatic carbocycles. The van der Waals surface area contributed by atoms with Gasteiger partial charge in [0.05, 0.1) is 11.4 Å². The summed E-state index contributed by atoms with van der Waals surface area (Å²) >= 11 is 1.59. The van der Waals surface area contributed by atoms with Gasteiger partial charge in [0.1, 0.15) is 0 Å². The van der Waals surface area contributed by atoms with E-state index in [9.17, 15) is 0 Å². The highest BCUT2D eigenvalue weighted by atomic mass is 32.2. The van der Waals surface area contributed by atoms with Crippen molar-refractivity contribution in [2.45, 2.75) is 13.8 Å². The molecule has 4 rings (SSSR count). The van der Waals surface area contributed by atoms with Gasteiger partial charge in [-0.15, -0.1) is 0 Å². The Morgan fingerprint density at radius 3 is 2.50 bits per heavy atom. The Morgan fingerprint density at radius 1 is 0.917 bits per heavy atom. The number of fused-ring (bicyclic) bond motifs is 1. The van der Waals surface area contributed by atoms with Crippen molar-refractivity contribution >= 4 is 39.2 Å². The first-order chi connectivity index (χ1) is 11.7. The van der Waals surface area contributed by atoms with Crippen LogP contribution < -0.4 is 10.9 Å². The highest BCUT2D eigenvalue weighted by molar-refractivity contribution is 8.16. The van der Waals surface area contributed by atoms with Gasteiger partial charge in [0.2, 0.25) is 0 Å². The number of nitrogens with one attached hydrogen (secondary N) is 3. The van der Waals surface area contributed by atoms with Crippen LogP contribution in [0.3, 0.4) is 0 Å². The lowest BCUT2D eigenvalue weighted by Gasteiger charge is -2.19. The van der Waals surface area contributed by atoms with E-state index in [1.165, 1.54) is 10.9 Å². The van der Waals surface area contributed by atoms with E-state index in [1.54, 1.807) is 11.8 Å². The average molecular weight is 334 g/mol. The molecule has 0 aliphatic carbocycles. The first-order valence-corrected chi connectivity index (χ1v) is 8.71. The first kappa shape index (κ1) is 14.9. The van der Waals surface area contributed by atoms with Gasteiger partial charge in [-0.05, 0) is 31.5 Å². The Morgan fingerprint density at radius 2 is 1.71 bits per heavy atom. The van der Waals surface area contributed by atoms with E-state index < -0.39 is 0 Å². The average Bonchev–Trinajstić information content (AvgIpc) is 2.93. The van der Waals surface area contributed by atoms with E-state index in [1.807, 2.05) is 24.3 Å². The topological polar surface area (TPSA) is 52.2 Å². The predicted octanol–water partition coefficient (Wildman–Crippen LogP) is 4.61. The molecule has 0 spiro atoms. The largest absolute Gasteiger partial charge is 0.358 e. The summed E-state index contributed by atoms with van der Waals surface area (Å²) in [6.45, 7) is 4.16. The van der Waals surface area contributed by atoms with Gasteiger partial charge in [-0.1, -0.05) is 48.2 Å². The summed E-state index contributed by atoms with van der Waals surface area (Å²) in [6.07, 6.45) is 0. The molecule has 0 fully saturated rings. The SMILES string of the molecule is Cc1ccccc1N=C1NNC(c2c(C)[nH]c3ccccc23)=CS1. The van der Waals surface area contributed by atoms with E-state index in [0.717, 1.165) is 33.3 Å². The number of amidine groups is 1. The van der Waals surface area contributed by atoms with Gasteiger partial charge in [-0.2, -0.15) is 0 Å². The molecule has 3 N–H and O–H groups in total. The van der Waals surface area contributed by atoms with Crippen molar-refractivity contribution < 1.29 is 0 Å². The maximum atomic E-state index is 4.67. The van der Waals surface area contributed by atoms with Crippen LogP contribution in [-0.4, -0.2) is 10.2 Å². The molecule has 0 saturated carbocycles. The number of aryl methyl sites for hydroxylation is 2. The Labute approximate surface area is 145 Å². The number of hydrazine groups is 1. The fraction of sp³-hybridized carbons (Fsp3) is 0.105. The summed E-state index contributed by atoms with van der Waals surface area (Å²) in [5.41, 5.74) is 13.2. The minimum atomic E-state index is 0.838. The molecule has 2 heterocycles. The number of hydrogen-bond donors (Lipinski definition) is 3. The molecule has 1 aromatic heterocycles. The lowest BCUT2D eigenvalue weighted by atomic mass is 10.1. The number of benzene rings is 2. The van der Waals surface area contributed by atoms with Gasteiger partial charge in [0.25, 0.3) is 0 Å². The number of para-hydroxylation sites is 2. The third-order valence-corrected chi connectivity index (χ3v) is 4.86. The van der Waals surface area contributed by atoms with Gasteiger partial charge in [-0.3, -0.25) is 10.9 Å². The number of aliphatic imine (C=N–C) groups is 1. The van der Waals surface area contributed by atoms with Crippen molar-refractivity contribution in [1.29, 1.82) is 0 Å². The van der Waals surface area contributed by atoms with Crippen molar-refractivity contribution in [3.63, 3.8) is 0 Å². The third kappa shape index (κ3) is 2.67. The smallest absolute Gasteiger partial charge is 0.184 e. The number of rotatable bonds is 2. The van der Waals surface area contributed by atoms with Crippen LogP contribution in [0, 0.1) is 13.8 Å². The quantitative estimate of drug-likeness (QED) is 0.641. The maximum absolute atomic E-state index is 4.67. The second-order valence-corrected chi connectivity index (χ2v) is 6.63. The van der Waals surface area contributed by atoms with Crippen LogP contribution in [0.2, 0.25) is 0 Å². The second kappa shape index (κ2) is 6.09. The molecule has 24 heavy (non-hydrogen) atoms. The zero-order valence-corrected chi connectivity index (χ0v) is 14.4.